The fourth-order valence-electron chi connectivity index (χ4n) is 3.67. The molecule has 0 aliphatic heterocycles. The van der Waals surface area contributed by atoms with Gasteiger partial charge in [-0.15, -0.1) is 5.10 Å². The van der Waals surface area contributed by atoms with E-state index in [2.05, 4.69) is 29.9 Å². The van der Waals surface area contributed by atoms with Gasteiger partial charge >= 0.3 is 0 Å². The van der Waals surface area contributed by atoms with Gasteiger partial charge in [0.15, 0.2) is 0 Å². The van der Waals surface area contributed by atoms with Gasteiger partial charge in [-0.2, -0.15) is 0 Å². The van der Waals surface area contributed by atoms with Crippen LogP contribution in [-0.2, 0) is 13.0 Å². The van der Waals surface area contributed by atoms with Gasteiger partial charge in [-0.1, -0.05) is 29.0 Å². The fourth-order valence-corrected chi connectivity index (χ4v) is 3.67. The van der Waals surface area contributed by atoms with Crippen LogP contribution >= 0.6 is 0 Å². The predicted octanol–water partition coefficient (Wildman–Crippen LogP) is 3.95. The summed E-state index contributed by atoms with van der Waals surface area (Å²) in [6.45, 7) is 8.87. The first-order valence-corrected chi connectivity index (χ1v) is 8.67. The molecule has 3 rings (SSSR count). The summed E-state index contributed by atoms with van der Waals surface area (Å²) in [7, 11) is 0. The molecule has 0 saturated heterocycles. The highest BCUT2D eigenvalue weighted by Crippen LogP contribution is 2.46. The maximum Gasteiger partial charge on any atom is 0.123 e. The first-order chi connectivity index (χ1) is 12.0. The smallest absolute Gasteiger partial charge is 0.123 e. The summed E-state index contributed by atoms with van der Waals surface area (Å²) >= 11 is 0. The lowest BCUT2D eigenvalue weighted by Gasteiger charge is -2.31. The van der Waals surface area contributed by atoms with Gasteiger partial charge in [0.05, 0.1) is 6.20 Å². The predicted molar refractivity (Wildman–Crippen MR) is 97.5 cm³/mol. The topological polar surface area (TPSA) is 71.2 Å². The minimum Gasteiger partial charge on any atom is -0.507 e. The second-order valence-electron chi connectivity index (χ2n) is 6.99. The molecule has 2 aromatic rings. The summed E-state index contributed by atoms with van der Waals surface area (Å²) < 4.78 is 1.73. The second kappa shape index (κ2) is 7.13. The molecule has 0 fully saturated rings. The van der Waals surface area contributed by atoms with Crippen LogP contribution in [-0.4, -0.2) is 25.2 Å². The van der Waals surface area contributed by atoms with E-state index in [0.717, 1.165) is 24.0 Å². The number of hydrogen-bond donors (Lipinski definition) is 2. The molecular formula is C20H25N3O2. The maximum atomic E-state index is 10.6. The monoisotopic (exact) mass is 339 g/mol. The molecule has 1 aromatic heterocycles. The van der Waals surface area contributed by atoms with E-state index in [9.17, 15) is 10.2 Å². The molecule has 0 saturated carbocycles. The molecule has 0 unspecified atom stereocenters. The molecule has 0 bridgehead atoms. The zero-order valence-corrected chi connectivity index (χ0v) is 14.8. The van der Waals surface area contributed by atoms with Gasteiger partial charge in [-0.3, -0.25) is 4.68 Å². The van der Waals surface area contributed by atoms with Crippen LogP contribution in [0, 0.1) is 5.92 Å². The van der Waals surface area contributed by atoms with Gasteiger partial charge in [-0.05, 0) is 56.7 Å². The van der Waals surface area contributed by atoms with Crippen molar-refractivity contribution in [3.63, 3.8) is 0 Å². The minimum atomic E-state index is -0.0318. The molecule has 1 aromatic carbocycles. The Labute approximate surface area is 148 Å². The molecule has 0 radical (unpaired) electrons. The molecule has 2 atom stereocenters. The van der Waals surface area contributed by atoms with E-state index in [1.165, 1.54) is 5.57 Å². The van der Waals surface area contributed by atoms with Crippen LogP contribution in [0.2, 0.25) is 0 Å². The van der Waals surface area contributed by atoms with Crippen molar-refractivity contribution in [3.05, 3.63) is 59.5 Å². The van der Waals surface area contributed by atoms with Crippen molar-refractivity contribution in [2.45, 2.75) is 45.6 Å². The van der Waals surface area contributed by atoms with Crippen molar-refractivity contribution in [1.82, 2.24) is 15.0 Å². The van der Waals surface area contributed by atoms with Gasteiger partial charge in [0.25, 0.3) is 0 Å². The Balaban J connectivity index is 1.88. The Hall–Kier alpha value is -2.56. The quantitative estimate of drug-likeness (QED) is 0.809. The molecule has 25 heavy (non-hydrogen) atoms. The summed E-state index contributed by atoms with van der Waals surface area (Å²) in [5, 5.41) is 28.9. The first kappa shape index (κ1) is 17.3. The number of phenols is 2. The van der Waals surface area contributed by atoms with E-state index in [4.69, 9.17) is 0 Å². The van der Waals surface area contributed by atoms with Crippen molar-refractivity contribution in [3.8, 4) is 11.5 Å². The molecule has 0 amide bonds. The first-order valence-electron chi connectivity index (χ1n) is 8.67. The Bertz CT molecular complexity index is 770. The number of aryl methyl sites for hydroxylation is 2. The molecular weight excluding hydrogens is 314 g/mol. The molecule has 2 N–H and O–H groups in total. The van der Waals surface area contributed by atoms with Gasteiger partial charge < -0.3 is 10.2 Å². The standard InChI is InChI=1S/C20H25N3O2/c1-13(2)16-5-4-14(3)10-17(16)20-18(24)11-15(12-19(20)25)6-8-23-9-7-21-22-23/h7,9-12,16-17,24-25H,1,4-6,8H2,2-3H3/t16-,17+/m0/s1. The van der Waals surface area contributed by atoms with E-state index in [-0.39, 0.29) is 23.3 Å². The number of aromatic nitrogens is 3. The summed E-state index contributed by atoms with van der Waals surface area (Å²) in [6.07, 6.45) is 8.27. The van der Waals surface area contributed by atoms with Crippen molar-refractivity contribution >= 4 is 0 Å². The van der Waals surface area contributed by atoms with Crippen LogP contribution in [0.15, 0.2) is 48.3 Å². The number of benzene rings is 1. The lowest BCUT2D eigenvalue weighted by Crippen LogP contribution is -2.17. The highest BCUT2D eigenvalue weighted by Gasteiger charge is 2.30. The fraction of sp³-hybridized carbons (Fsp3) is 0.400. The van der Waals surface area contributed by atoms with Crippen LogP contribution in [0.5, 0.6) is 11.5 Å². The third-order valence-electron chi connectivity index (χ3n) is 5.01. The zero-order valence-electron chi connectivity index (χ0n) is 14.8. The summed E-state index contributed by atoms with van der Waals surface area (Å²) in [5.74, 6) is 0.503. The molecule has 1 heterocycles. The number of allylic oxidation sites excluding steroid dienone is 3. The lowest BCUT2D eigenvalue weighted by molar-refractivity contribution is 0.405. The Morgan fingerprint density at radius 1 is 1.32 bits per heavy atom. The third-order valence-corrected chi connectivity index (χ3v) is 5.01. The lowest BCUT2D eigenvalue weighted by atomic mass is 9.73. The van der Waals surface area contributed by atoms with Crippen LogP contribution < -0.4 is 0 Å². The molecule has 5 nitrogen and oxygen atoms in total. The summed E-state index contributed by atoms with van der Waals surface area (Å²) in [4.78, 5) is 0. The maximum absolute atomic E-state index is 10.6. The van der Waals surface area contributed by atoms with Crippen LogP contribution in [0.25, 0.3) is 0 Å². The summed E-state index contributed by atoms with van der Waals surface area (Å²) in [6, 6.07) is 3.50. The average molecular weight is 339 g/mol. The SMILES string of the molecule is C=C(C)[C@@H]1CCC(C)=C[C@H]1c1c(O)cc(CCn2ccnn2)cc1O. The van der Waals surface area contributed by atoms with Gasteiger partial charge in [-0.25, -0.2) is 0 Å². The second-order valence-corrected chi connectivity index (χ2v) is 6.99. The van der Waals surface area contributed by atoms with E-state index < -0.39 is 0 Å². The summed E-state index contributed by atoms with van der Waals surface area (Å²) in [5.41, 5.74) is 3.86. The molecule has 0 spiro atoms. The van der Waals surface area contributed by atoms with Crippen molar-refractivity contribution < 1.29 is 10.2 Å². The molecule has 1 aliphatic carbocycles. The number of aromatic hydroxyl groups is 2. The molecule has 5 heteroatoms. The van der Waals surface area contributed by atoms with Crippen molar-refractivity contribution in [1.29, 1.82) is 0 Å². The largest absolute Gasteiger partial charge is 0.507 e. The molecule has 1 aliphatic rings. The van der Waals surface area contributed by atoms with Crippen molar-refractivity contribution in [2.24, 2.45) is 5.92 Å². The zero-order chi connectivity index (χ0) is 18.0. The number of phenolic OH excluding ortho intramolecular Hbond substituents is 2. The average Bonchev–Trinajstić information content (AvgIpc) is 3.05. The minimum absolute atomic E-state index is 0.0318. The van der Waals surface area contributed by atoms with Gasteiger partial charge in [0.1, 0.15) is 11.5 Å². The Morgan fingerprint density at radius 2 is 2.04 bits per heavy atom. The van der Waals surface area contributed by atoms with Crippen LogP contribution in [0.1, 0.15) is 43.7 Å². The number of hydrogen-bond acceptors (Lipinski definition) is 4. The van der Waals surface area contributed by atoms with E-state index in [0.29, 0.717) is 18.5 Å². The Kier molecular flexibility index (Phi) is 4.93. The Morgan fingerprint density at radius 3 is 2.64 bits per heavy atom. The van der Waals surface area contributed by atoms with E-state index in [1.807, 2.05) is 6.92 Å². The van der Waals surface area contributed by atoms with Crippen molar-refractivity contribution in [2.75, 3.05) is 0 Å². The van der Waals surface area contributed by atoms with Crippen LogP contribution in [0.4, 0.5) is 0 Å². The number of nitrogens with zero attached hydrogens (tertiary/aromatic N) is 3. The number of rotatable bonds is 5. The van der Waals surface area contributed by atoms with E-state index in [1.54, 1.807) is 29.2 Å². The molecule has 132 valence electrons. The van der Waals surface area contributed by atoms with Gasteiger partial charge in [0, 0.05) is 24.2 Å². The normalized spacial score (nSPS) is 20.3. The van der Waals surface area contributed by atoms with E-state index >= 15 is 0 Å². The van der Waals surface area contributed by atoms with Crippen LogP contribution in [0.3, 0.4) is 0 Å². The van der Waals surface area contributed by atoms with Gasteiger partial charge in [0.2, 0.25) is 0 Å². The highest BCUT2D eigenvalue weighted by molar-refractivity contribution is 5.51. The highest BCUT2D eigenvalue weighted by atomic mass is 16.3. The third kappa shape index (κ3) is 3.76.